The summed E-state index contributed by atoms with van der Waals surface area (Å²) in [5.41, 5.74) is 0.753. The number of furan rings is 1. The molecule has 0 unspecified atom stereocenters. The van der Waals surface area contributed by atoms with Crippen LogP contribution in [0.3, 0.4) is 0 Å². The highest BCUT2D eigenvalue weighted by Gasteiger charge is 1.98. The Bertz CT molecular complexity index is 570. The summed E-state index contributed by atoms with van der Waals surface area (Å²) in [5, 5.41) is 2.76. The van der Waals surface area contributed by atoms with E-state index in [4.69, 9.17) is 4.42 Å². The van der Waals surface area contributed by atoms with E-state index in [1.165, 1.54) is 6.08 Å². The molecule has 0 radical (unpaired) electrons. The molecule has 1 heterocycles. The summed E-state index contributed by atoms with van der Waals surface area (Å²) in [6.07, 6.45) is 3.08. The van der Waals surface area contributed by atoms with Gasteiger partial charge in [-0.15, -0.1) is 0 Å². The monoisotopic (exact) mass is 305 g/mol. The minimum absolute atomic E-state index is 0.189. The smallest absolute Gasteiger partial charge is 0.248 e. The molecule has 0 spiro atoms. The minimum atomic E-state index is -0.189. The third-order valence-corrected chi connectivity index (χ3v) is 2.80. The van der Waals surface area contributed by atoms with Crippen molar-refractivity contribution < 1.29 is 9.21 Å². The largest absolute Gasteiger partial charge is 0.462 e. The van der Waals surface area contributed by atoms with Gasteiger partial charge in [-0.2, -0.15) is 0 Å². The quantitative estimate of drug-likeness (QED) is 0.871. The van der Waals surface area contributed by atoms with Gasteiger partial charge >= 0.3 is 0 Å². The molecule has 1 aromatic heterocycles. The van der Waals surface area contributed by atoms with Gasteiger partial charge in [-0.05, 0) is 49.4 Å². The molecule has 0 bridgehead atoms. The van der Waals surface area contributed by atoms with Gasteiger partial charge in [0.1, 0.15) is 11.5 Å². The summed E-state index contributed by atoms with van der Waals surface area (Å²) >= 11 is 3.34. The zero-order valence-corrected chi connectivity index (χ0v) is 11.4. The average molecular weight is 306 g/mol. The molecule has 3 nitrogen and oxygen atoms in total. The van der Waals surface area contributed by atoms with Crippen molar-refractivity contribution in [3.63, 3.8) is 0 Å². The molecule has 2 rings (SSSR count). The zero-order valence-electron chi connectivity index (χ0n) is 9.81. The summed E-state index contributed by atoms with van der Waals surface area (Å²) in [6, 6.07) is 11.1. The molecule has 0 aliphatic heterocycles. The number of carbonyl (C=O) groups is 1. The molecular weight excluding hydrogens is 294 g/mol. The fourth-order valence-electron chi connectivity index (χ4n) is 1.42. The summed E-state index contributed by atoms with van der Waals surface area (Å²) < 4.78 is 6.30. The summed E-state index contributed by atoms with van der Waals surface area (Å²) in [7, 11) is 0. The Labute approximate surface area is 114 Å². The number of amides is 1. The molecule has 2 aromatic rings. The highest BCUT2D eigenvalue weighted by molar-refractivity contribution is 9.10. The van der Waals surface area contributed by atoms with Crippen LogP contribution in [-0.4, -0.2) is 5.91 Å². The summed E-state index contributed by atoms with van der Waals surface area (Å²) in [6.45, 7) is 1.86. The molecule has 0 saturated carbocycles. The molecule has 0 aliphatic rings. The van der Waals surface area contributed by atoms with Crippen molar-refractivity contribution in [2.45, 2.75) is 6.92 Å². The van der Waals surface area contributed by atoms with Crippen molar-refractivity contribution in [2.75, 3.05) is 5.32 Å². The van der Waals surface area contributed by atoms with Crippen LogP contribution in [0.1, 0.15) is 11.5 Å². The molecular formula is C14H12BrNO2. The van der Waals surface area contributed by atoms with Gasteiger partial charge in [0.25, 0.3) is 0 Å². The van der Waals surface area contributed by atoms with E-state index in [1.54, 1.807) is 6.08 Å². The number of nitrogens with one attached hydrogen (secondary N) is 1. The molecule has 1 N–H and O–H groups in total. The number of benzene rings is 1. The Kier molecular flexibility index (Phi) is 3.99. The van der Waals surface area contributed by atoms with Gasteiger partial charge in [-0.1, -0.05) is 15.9 Å². The van der Waals surface area contributed by atoms with E-state index < -0.39 is 0 Å². The molecule has 1 aromatic carbocycles. The third-order valence-electron chi connectivity index (χ3n) is 2.27. The fraction of sp³-hybridized carbons (Fsp3) is 0.0714. The van der Waals surface area contributed by atoms with Crippen molar-refractivity contribution in [3.05, 3.63) is 58.5 Å². The maximum absolute atomic E-state index is 11.6. The Morgan fingerprint density at radius 3 is 2.56 bits per heavy atom. The average Bonchev–Trinajstić information content (AvgIpc) is 2.76. The standard InChI is InChI=1S/C14H12BrNO2/c1-10-2-7-13(18-10)8-9-14(17)16-12-5-3-11(15)4-6-12/h2-9H,1H3,(H,16,17)/b9-8+. The molecule has 4 heteroatoms. The van der Waals surface area contributed by atoms with Crippen LogP contribution in [0.25, 0.3) is 6.08 Å². The maximum Gasteiger partial charge on any atom is 0.248 e. The van der Waals surface area contributed by atoms with E-state index in [9.17, 15) is 4.79 Å². The first kappa shape index (κ1) is 12.6. The van der Waals surface area contributed by atoms with Gasteiger partial charge < -0.3 is 9.73 Å². The Morgan fingerprint density at radius 2 is 1.94 bits per heavy atom. The van der Waals surface area contributed by atoms with E-state index >= 15 is 0 Å². The second kappa shape index (κ2) is 5.69. The normalized spacial score (nSPS) is 10.8. The van der Waals surface area contributed by atoms with Gasteiger partial charge in [0.2, 0.25) is 5.91 Å². The second-order valence-corrected chi connectivity index (χ2v) is 4.69. The predicted octanol–water partition coefficient (Wildman–Crippen LogP) is 4.00. The molecule has 1 amide bonds. The SMILES string of the molecule is Cc1ccc(/C=C/C(=O)Nc2ccc(Br)cc2)o1. The lowest BCUT2D eigenvalue weighted by atomic mass is 10.3. The van der Waals surface area contributed by atoms with Crippen molar-refractivity contribution in [2.24, 2.45) is 0 Å². The third kappa shape index (κ3) is 3.60. The van der Waals surface area contributed by atoms with Crippen LogP contribution in [0, 0.1) is 6.92 Å². The first-order valence-corrected chi connectivity index (χ1v) is 6.24. The minimum Gasteiger partial charge on any atom is -0.462 e. The summed E-state index contributed by atoms with van der Waals surface area (Å²) in [5.74, 6) is 1.30. The number of halogens is 1. The lowest BCUT2D eigenvalue weighted by Crippen LogP contribution is -2.07. The van der Waals surface area contributed by atoms with Crippen molar-refractivity contribution in [1.82, 2.24) is 0 Å². The first-order valence-electron chi connectivity index (χ1n) is 5.44. The molecule has 0 atom stereocenters. The van der Waals surface area contributed by atoms with Crippen molar-refractivity contribution in [1.29, 1.82) is 0 Å². The molecule has 0 aliphatic carbocycles. The van der Waals surface area contributed by atoms with E-state index in [0.29, 0.717) is 5.76 Å². The topological polar surface area (TPSA) is 42.2 Å². The second-order valence-electron chi connectivity index (χ2n) is 3.78. The molecule has 92 valence electrons. The zero-order chi connectivity index (χ0) is 13.0. The van der Waals surface area contributed by atoms with E-state index in [2.05, 4.69) is 21.2 Å². The van der Waals surface area contributed by atoms with Gasteiger partial charge in [0.15, 0.2) is 0 Å². The fourth-order valence-corrected chi connectivity index (χ4v) is 1.68. The lowest BCUT2D eigenvalue weighted by molar-refractivity contribution is -0.111. The molecule has 18 heavy (non-hydrogen) atoms. The molecule has 0 saturated heterocycles. The van der Waals surface area contributed by atoms with Crippen molar-refractivity contribution >= 4 is 33.6 Å². The van der Waals surface area contributed by atoms with Gasteiger partial charge in [0.05, 0.1) is 0 Å². The van der Waals surface area contributed by atoms with Crippen LogP contribution in [0.5, 0.6) is 0 Å². The molecule has 0 fully saturated rings. The van der Waals surface area contributed by atoms with Crippen LogP contribution in [0.15, 0.2) is 51.4 Å². The number of anilines is 1. The van der Waals surface area contributed by atoms with Gasteiger partial charge in [-0.25, -0.2) is 0 Å². The lowest BCUT2D eigenvalue weighted by Gasteiger charge is -2.01. The van der Waals surface area contributed by atoms with Crippen LogP contribution >= 0.6 is 15.9 Å². The van der Waals surface area contributed by atoms with Crippen molar-refractivity contribution in [3.8, 4) is 0 Å². The van der Waals surface area contributed by atoms with Gasteiger partial charge in [0, 0.05) is 16.2 Å². The van der Waals surface area contributed by atoms with E-state index in [1.807, 2.05) is 43.3 Å². The Hall–Kier alpha value is -1.81. The predicted molar refractivity (Wildman–Crippen MR) is 75.3 cm³/mol. The number of rotatable bonds is 3. The van der Waals surface area contributed by atoms with Gasteiger partial charge in [-0.3, -0.25) is 4.79 Å². The number of hydrogen-bond donors (Lipinski definition) is 1. The number of hydrogen-bond acceptors (Lipinski definition) is 2. The van der Waals surface area contributed by atoms with E-state index in [0.717, 1.165) is 15.9 Å². The Balaban J connectivity index is 1.96. The van der Waals surface area contributed by atoms with Crippen LogP contribution in [-0.2, 0) is 4.79 Å². The highest BCUT2D eigenvalue weighted by atomic mass is 79.9. The highest BCUT2D eigenvalue weighted by Crippen LogP contribution is 2.14. The van der Waals surface area contributed by atoms with Crippen LogP contribution in [0.4, 0.5) is 5.69 Å². The van der Waals surface area contributed by atoms with E-state index in [-0.39, 0.29) is 5.91 Å². The maximum atomic E-state index is 11.6. The van der Waals surface area contributed by atoms with Crippen LogP contribution in [0.2, 0.25) is 0 Å². The Morgan fingerprint density at radius 1 is 1.22 bits per heavy atom. The number of aryl methyl sites for hydroxylation is 1. The summed E-state index contributed by atoms with van der Waals surface area (Å²) in [4.78, 5) is 11.6. The number of carbonyl (C=O) groups excluding carboxylic acids is 1. The first-order chi connectivity index (χ1) is 8.63. The van der Waals surface area contributed by atoms with Crippen LogP contribution < -0.4 is 5.32 Å².